The van der Waals surface area contributed by atoms with Crippen molar-refractivity contribution < 1.29 is 14.7 Å². The van der Waals surface area contributed by atoms with E-state index in [0.29, 0.717) is 17.8 Å². The van der Waals surface area contributed by atoms with E-state index in [0.717, 1.165) is 5.56 Å². The monoisotopic (exact) mass is 288 g/mol. The molecule has 0 aliphatic rings. The van der Waals surface area contributed by atoms with Gasteiger partial charge in [-0.2, -0.15) is 5.10 Å². The van der Waals surface area contributed by atoms with Gasteiger partial charge in [-0.05, 0) is 18.6 Å². The minimum Gasteiger partial charge on any atom is -0.478 e. The molecule has 2 rings (SSSR count). The van der Waals surface area contributed by atoms with E-state index in [4.69, 9.17) is 5.11 Å². The molecule has 0 fully saturated rings. The lowest BCUT2D eigenvalue weighted by Gasteiger charge is -2.12. The number of carboxylic acids is 1. The number of nitrogens with one attached hydrogen (secondary N) is 2. The Morgan fingerprint density at radius 1 is 1.38 bits per heavy atom. The zero-order valence-electron chi connectivity index (χ0n) is 11.8. The minimum atomic E-state index is -1.08. The van der Waals surface area contributed by atoms with E-state index in [1.807, 2.05) is 0 Å². The number of aromatic nitrogens is 2. The van der Waals surface area contributed by atoms with Gasteiger partial charge in [0.05, 0.1) is 17.4 Å². The molecule has 21 heavy (non-hydrogen) atoms. The quantitative estimate of drug-likeness (QED) is 0.798. The van der Waals surface area contributed by atoms with Gasteiger partial charge < -0.3 is 15.7 Å². The van der Waals surface area contributed by atoms with E-state index in [-0.39, 0.29) is 5.56 Å². The van der Waals surface area contributed by atoms with Crippen LogP contribution in [0, 0.1) is 6.92 Å². The minimum absolute atomic E-state index is 0.0616. The molecular formula is C14H16N4O3. The summed E-state index contributed by atoms with van der Waals surface area (Å²) in [6.07, 6.45) is 3.44. The first-order valence-corrected chi connectivity index (χ1v) is 6.32. The third-order valence-electron chi connectivity index (χ3n) is 2.95. The van der Waals surface area contributed by atoms with Gasteiger partial charge in [0.1, 0.15) is 0 Å². The van der Waals surface area contributed by atoms with Crippen LogP contribution in [-0.4, -0.2) is 26.9 Å². The maximum absolute atomic E-state index is 11.9. The lowest BCUT2D eigenvalue weighted by molar-refractivity contribution is 0.0698. The highest BCUT2D eigenvalue weighted by Gasteiger charge is 2.14. The topological polar surface area (TPSA) is 96.2 Å². The van der Waals surface area contributed by atoms with Crippen LogP contribution in [0.3, 0.4) is 0 Å². The van der Waals surface area contributed by atoms with Crippen molar-refractivity contribution in [1.29, 1.82) is 0 Å². The lowest BCUT2D eigenvalue weighted by atomic mass is 10.1. The zero-order chi connectivity index (χ0) is 15.4. The highest BCUT2D eigenvalue weighted by Crippen LogP contribution is 2.20. The molecule has 7 heteroatoms. The SMILES string of the molecule is Cc1cccc(C(=O)O)c1NC(=O)NCc1cnn(C)c1. The second-order valence-corrected chi connectivity index (χ2v) is 4.63. The van der Waals surface area contributed by atoms with Crippen LogP contribution in [-0.2, 0) is 13.6 Å². The molecule has 110 valence electrons. The smallest absolute Gasteiger partial charge is 0.337 e. The number of benzene rings is 1. The van der Waals surface area contributed by atoms with Crippen molar-refractivity contribution in [2.45, 2.75) is 13.5 Å². The fourth-order valence-electron chi connectivity index (χ4n) is 1.92. The number of aryl methyl sites for hydroxylation is 2. The summed E-state index contributed by atoms with van der Waals surface area (Å²) in [4.78, 5) is 23.0. The Morgan fingerprint density at radius 2 is 2.14 bits per heavy atom. The van der Waals surface area contributed by atoms with Crippen molar-refractivity contribution in [3.63, 3.8) is 0 Å². The molecule has 0 saturated carbocycles. The Morgan fingerprint density at radius 3 is 2.76 bits per heavy atom. The summed E-state index contributed by atoms with van der Waals surface area (Å²) in [5.74, 6) is -1.08. The lowest BCUT2D eigenvalue weighted by Crippen LogP contribution is -2.29. The van der Waals surface area contributed by atoms with Gasteiger partial charge in [-0.3, -0.25) is 4.68 Å². The summed E-state index contributed by atoms with van der Waals surface area (Å²) in [5.41, 5.74) is 1.91. The molecule has 0 atom stereocenters. The predicted octanol–water partition coefficient (Wildman–Crippen LogP) is 1.75. The summed E-state index contributed by atoms with van der Waals surface area (Å²) in [6, 6.07) is 4.36. The molecule has 0 radical (unpaired) electrons. The normalized spacial score (nSPS) is 10.2. The van der Waals surface area contributed by atoms with Crippen LogP contribution in [0.15, 0.2) is 30.6 Å². The number of carboxylic acid groups (broad SMARTS) is 1. The fraction of sp³-hybridized carbons (Fsp3) is 0.214. The van der Waals surface area contributed by atoms with Crippen molar-refractivity contribution in [2.24, 2.45) is 7.05 Å². The molecule has 1 aromatic heterocycles. The van der Waals surface area contributed by atoms with Gasteiger partial charge in [0.15, 0.2) is 0 Å². The Kier molecular flexibility index (Phi) is 4.22. The molecule has 0 spiro atoms. The summed E-state index contributed by atoms with van der Waals surface area (Å²) in [6.45, 7) is 2.05. The zero-order valence-corrected chi connectivity index (χ0v) is 11.8. The van der Waals surface area contributed by atoms with Gasteiger partial charge in [-0.25, -0.2) is 9.59 Å². The molecule has 0 aliphatic heterocycles. The molecule has 2 aromatic rings. The number of carbonyl (C=O) groups excluding carboxylic acids is 1. The van der Waals surface area contributed by atoms with E-state index in [1.54, 1.807) is 43.2 Å². The van der Waals surface area contributed by atoms with Gasteiger partial charge in [0.25, 0.3) is 0 Å². The van der Waals surface area contributed by atoms with Gasteiger partial charge in [-0.1, -0.05) is 12.1 Å². The molecule has 0 unspecified atom stereocenters. The first-order valence-electron chi connectivity index (χ1n) is 6.32. The molecule has 3 N–H and O–H groups in total. The maximum Gasteiger partial charge on any atom is 0.337 e. The van der Waals surface area contributed by atoms with Crippen LogP contribution in [0.4, 0.5) is 10.5 Å². The standard InChI is InChI=1S/C14H16N4O3/c1-9-4-3-5-11(13(19)20)12(9)17-14(21)15-6-10-7-16-18(2)8-10/h3-5,7-8H,6H2,1-2H3,(H,19,20)(H2,15,17,21). The molecule has 0 bridgehead atoms. The first kappa shape index (κ1) is 14.6. The second-order valence-electron chi connectivity index (χ2n) is 4.63. The van der Waals surface area contributed by atoms with Crippen molar-refractivity contribution in [1.82, 2.24) is 15.1 Å². The Hall–Kier alpha value is -2.83. The highest BCUT2D eigenvalue weighted by atomic mass is 16.4. The number of urea groups is 1. The molecule has 1 aromatic carbocycles. The van der Waals surface area contributed by atoms with E-state index in [9.17, 15) is 9.59 Å². The summed E-state index contributed by atoms with van der Waals surface area (Å²) < 4.78 is 1.64. The fourth-order valence-corrected chi connectivity index (χ4v) is 1.92. The van der Waals surface area contributed by atoms with Crippen LogP contribution in [0.2, 0.25) is 0 Å². The van der Waals surface area contributed by atoms with Gasteiger partial charge in [-0.15, -0.1) is 0 Å². The van der Waals surface area contributed by atoms with E-state index >= 15 is 0 Å². The number of para-hydroxylation sites is 1. The number of amides is 2. The average Bonchev–Trinajstić information content (AvgIpc) is 2.84. The van der Waals surface area contributed by atoms with Crippen molar-refractivity contribution in [3.8, 4) is 0 Å². The first-order chi connectivity index (χ1) is 9.97. The molecular weight excluding hydrogens is 272 g/mol. The number of hydrogen-bond donors (Lipinski definition) is 3. The van der Waals surface area contributed by atoms with Gasteiger partial charge in [0.2, 0.25) is 0 Å². The third-order valence-corrected chi connectivity index (χ3v) is 2.95. The summed E-state index contributed by atoms with van der Waals surface area (Å²) in [7, 11) is 1.79. The largest absolute Gasteiger partial charge is 0.478 e. The molecule has 1 heterocycles. The maximum atomic E-state index is 11.9. The van der Waals surface area contributed by atoms with E-state index < -0.39 is 12.0 Å². The van der Waals surface area contributed by atoms with E-state index in [2.05, 4.69) is 15.7 Å². The number of carbonyl (C=O) groups is 2. The molecule has 7 nitrogen and oxygen atoms in total. The van der Waals surface area contributed by atoms with E-state index in [1.165, 1.54) is 6.07 Å². The molecule has 0 aliphatic carbocycles. The van der Waals surface area contributed by atoms with Crippen molar-refractivity contribution >= 4 is 17.7 Å². The van der Waals surface area contributed by atoms with Gasteiger partial charge >= 0.3 is 12.0 Å². The Balaban J connectivity index is 2.04. The number of hydrogen-bond acceptors (Lipinski definition) is 3. The van der Waals surface area contributed by atoms with Crippen molar-refractivity contribution in [2.75, 3.05) is 5.32 Å². The van der Waals surface area contributed by atoms with Crippen LogP contribution < -0.4 is 10.6 Å². The van der Waals surface area contributed by atoms with Crippen molar-refractivity contribution in [3.05, 3.63) is 47.3 Å². The average molecular weight is 288 g/mol. The number of rotatable bonds is 4. The third kappa shape index (κ3) is 3.59. The van der Waals surface area contributed by atoms with Crippen LogP contribution in [0.25, 0.3) is 0 Å². The Labute approximate surface area is 121 Å². The molecule has 2 amide bonds. The van der Waals surface area contributed by atoms with Gasteiger partial charge in [0, 0.05) is 25.4 Å². The summed E-state index contributed by atoms with van der Waals surface area (Å²) in [5, 5.41) is 18.4. The summed E-state index contributed by atoms with van der Waals surface area (Å²) >= 11 is 0. The molecule has 0 saturated heterocycles. The number of nitrogens with zero attached hydrogens (tertiary/aromatic N) is 2. The Bertz CT molecular complexity index is 679. The second kappa shape index (κ2) is 6.08. The number of anilines is 1. The number of aromatic carboxylic acids is 1. The van der Waals surface area contributed by atoms with Crippen LogP contribution >= 0.6 is 0 Å². The predicted molar refractivity (Wildman–Crippen MR) is 77.2 cm³/mol. The van der Waals surface area contributed by atoms with Crippen LogP contribution in [0.5, 0.6) is 0 Å². The highest BCUT2D eigenvalue weighted by molar-refractivity contribution is 6.00. The van der Waals surface area contributed by atoms with Crippen LogP contribution in [0.1, 0.15) is 21.5 Å².